The van der Waals surface area contributed by atoms with Gasteiger partial charge in [0.1, 0.15) is 0 Å². The van der Waals surface area contributed by atoms with E-state index in [0.29, 0.717) is 0 Å². The van der Waals surface area contributed by atoms with Gasteiger partial charge in [-0.3, -0.25) is 0 Å². The standard InChI is InChI=1S/C65H76BN3/c1-39-32-55-57-56(33-39)68(52-27-24-43(34-41(52)3)61(7,8)9)54-38-49-47(63(12,13)29-31-65(49,16)17)36-50(54)66(57)59-58(67(55)44-25-22-42(23-26-44)60(4,5)6)45-35-46-48(64(14,15)30-28-62(46,10)11)37-53(45)69(59)51-21-19-18-20-40(51)2/h18-27,32-38H,28-31H2,1-17H3. The summed E-state index contributed by atoms with van der Waals surface area (Å²) in [7, 11) is 0. The second-order valence-electron chi connectivity index (χ2n) is 26.6. The predicted octanol–water partition coefficient (Wildman–Crippen LogP) is 15.9. The Morgan fingerprint density at radius 3 is 1.55 bits per heavy atom. The molecule has 1 aromatic heterocycles. The van der Waals surface area contributed by atoms with E-state index in [1.807, 2.05) is 0 Å². The molecule has 2 aliphatic carbocycles. The third-order valence-electron chi connectivity index (χ3n) is 17.7. The molecule has 2 aliphatic heterocycles. The Morgan fingerprint density at radius 1 is 0.464 bits per heavy atom. The minimum absolute atomic E-state index is 0.0304. The lowest BCUT2D eigenvalue weighted by molar-refractivity contribution is 0.332. The first-order valence-electron chi connectivity index (χ1n) is 26.1. The van der Waals surface area contributed by atoms with E-state index in [0.717, 1.165) is 0 Å². The minimum Gasteiger partial charge on any atom is -0.319 e. The molecular formula is C65H76BN3. The number of fused-ring (bicyclic) bond motifs is 8. The van der Waals surface area contributed by atoms with Crippen molar-refractivity contribution in [3.8, 4) is 5.69 Å². The van der Waals surface area contributed by atoms with E-state index in [1.165, 1.54) is 143 Å². The molecule has 354 valence electrons. The van der Waals surface area contributed by atoms with Gasteiger partial charge < -0.3 is 14.4 Å². The van der Waals surface area contributed by atoms with Crippen LogP contribution < -0.4 is 26.3 Å². The third kappa shape index (κ3) is 6.88. The molecule has 0 bridgehead atoms. The molecule has 4 heteroatoms. The number of aryl methyl sites for hydroxylation is 3. The Labute approximate surface area is 415 Å². The number of hydrogen-bond donors (Lipinski definition) is 0. The molecule has 69 heavy (non-hydrogen) atoms. The van der Waals surface area contributed by atoms with E-state index in [9.17, 15) is 0 Å². The Hall–Kier alpha value is -5.48. The highest BCUT2D eigenvalue weighted by Gasteiger charge is 2.50. The van der Waals surface area contributed by atoms with Crippen LogP contribution in [0.3, 0.4) is 0 Å². The molecular weight excluding hydrogens is 834 g/mol. The summed E-state index contributed by atoms with van der Waals surface area (Å²) in [6.07, 6.45) is 4.67. The summed E-state index contributed by atoms with van der Waals surface area (Å²) in [4.78, 5) is 5.38. The molecule has 0 N–H and O–H groups in total. The van der Waals surface area contributed by atoms with Gasteiger partial charge in [0, 0.05) is 45.1 Å². The second-order valence-corrected chi connectivity index (χ2v) is 26.6. The molecule has 0 radical (unpaired) electrons. The zero-order chi connectivity index (χ0) is 49.3. The molecule has 0 atom stereocenters. The van der Waals surface area contributed by atoms with Gasteiger partial charge in [0.2, 0.25) is 0 Å². The summed E-state index contributed by atoms with van der Waals surface area (Å²) in [5, 5.41) is 1.34. The molecule has 6 aromatic carbocycles. The fourth-order valence-electron chi connectivity index (χ4n) is 13.1. The first-order chi connectivity index (χ1) is 32.2. The fourth-order valence-corrected chi connectivity index (χ4v) is 13.1. The van der Waals surface area contributed by atoms with Crippen LogP contribution in [0.15, 0.2) is 103 Å². The molecule has 0 spiro atoms. The van der Waals surface area contributed by atoms with Gasteiger partial charge in [-0.2, -0.15) is 0 Å². The highest BCUT2D eigenvalue weighted by atomic mass is 15.2. The summed E-state index contributed by atoms with van der Waals surface area (Å²) in [5.41, 5.74) is 27.2. The van der Waals surface area contributed by atoms with Gasteiger partial charge in [0.25, 0.3) is 6.71 Å². The first-order valence-corrected chi connectivity index (χ1v) is 26.1. The number of anilines is 6. The van der Waals surface area contributed by atoms with Crippen LogP contribution in [0.25, 0.3) is 16.6 Å². The molecule has 0 amide bonds. The zero-order valence-electron chi connectivity index (χ0n) is 45.1. The molecule has 0 saturated carbocycles. The molecule has 11 rings (SSSR count). The number of hydrogen-bond acceptors (Lipinski definition) is 2. The maximum Gasteiger partial charge on any atom is 0.273 e. The quantitative estimate of drug-likeness (QED) is 0.164. The smallest absolute Gasteiger partial charge is 0.273 e. The number of benzene rings is 6. The van der Waals surface area contributed by atoms with E-state index >= 15 is 0 Å². The highest BCUT2D eigenvalue weighted by Crippen LogP contribution is 2.54. The number of aromatic nitrogens is 1. The van der Waals surface area contributed by atoms with Crippen LogP contribution in [0, 0.1) is 20.8 Å². The lowest BCUT2D eigenvalue weighted by atomic mass is 9.34. The molecule has 0 unspecified atom stereocenters. The van der Waals surface area contributed by atoms with Crippen LogP contribution in [0.5, 0.6) is 0 Å². The van der Waals surface area contributed by atoms with Crippen molar-refractivity contribution in [2.45, 2.75) is 176 Å². The molecule has 0 saturated heterocycles. The monoisotopic (exact) mass is 910 g/mol. The van der Waals surface area contributed by atoms with Crippen molar-refractivity contribution in [3.05, 3.63) is 153 Å². The lowest BCUT2D eigenvalue weighted by Crippen LogP contribution is -2.63. The van der Waals surface area contributed by atoms with Crippen molar-refractivity contribution in [2.24, 2.45) is 0 Å². The Kier molecular flexibility index (Phi) is 9.84. The Bertz CT molecular complexity index is 3280. The van der Waals surface area contributed by atoms with Crippen LogP contribution in [0.4, 0.5) is 34.1 Å². The SMILES string of the molecule is Cc1cc2c3c(c1)N(c1ccc(C(C)(C)C)cc1)c1c(n(-c4ccccc4C)c4cc5c(cc14)C(C)(C)CCC5(C)C)B3c1cc3c(cc1N2c1ccc(C(C)(C)C)cc1C)C(C)(C)CCC3(C)C. The average Bonchev–Trinajstić information content (AvgIpc) is 3.59. The van der Waals surface area contributed by atoms with E-state index < -0.39 is 0 Å². The van der Waals surface area contributed by atoms with E-state index in [1.54, 1.807) is 0 Å². The van der Waals surface area contributed by atoms with Crippen LogP contribution >= 0.6 is 0 Å². The number of rotatable bonds is 3. The van der Waals surface area contributed by atoms with Crippen molar-refractivity contribution < 1.29 is 0 Å². The second kappa shape index (κ2) is 14.8. The van der Waals surface area contributed by atoms with Crippen molar-refractivity contribution in [2.75, 3.05) is 9.80 Å². The van der Waals surface area contributed by atoms with Gasteiger partial charge in [0.15, 0.2) is 0 Å². The Morgan fingerprint density at radius 2 is 0.986 bits per heavy atom. The highest BCUT2D eigenvalue weighted by molar-refractivity contribution is 7.00. The van der Waals surface area contributed by atoms with Gasteiger partial charge >= 0.3 is 0 Å². The molecule has 7 aromatic rings. The maximum absolute atomic E-state index is 2.74. The zero-order valence-corrected chi connectivity index (χ0v) is 45.1. The van der Waals surface area contributed by atoms with Crippen molar-refractivity contribution in [3.63, 3.8) is 0 Å². The number of nitrogens with zero attached hydrogens (tertiary/aromatic N) is 3. The first kappa shape index (κ1) is 45.9. The normalized spacial score (nSPS) is 18.4. The van der Waals surface area contributed by atoms with Crippen molar-refractivity contribution in [1.82, 2.24) is 4.57 Å². The summed E-state index contributed by atoms with van der Waals surface area (Å²) in [6.45, 7) is 40.8. The third-order valence-corrected chi connectivity index (χ3v) is 17.7. The Balaban J connectivity index is 1.35. The van der Waals surface area contributed by atoms with E-state index in [4.69, 9.17) is 0 Å². The lowest BCUT2D eigenvalue weighted by Gasteiger charge is -2.47. The van der Waals surface area contributed by atoms with E-state index in [-0.39, 0.29) is 39.2 Å². The minimum atomic E-state index is -0.0488. The molecule has 4 aliphatic rings. The molecule has 0 fully saturated rings. The predicted molar refractivity (Wildman–Crippen MR) is 299 cm³/mol. The number of para-hydroxylation sites is 1. The molecule has 3 nitrogen and oxygen atoms in total. The van der Waals surface area contributed by atoms with Gasteiger partial charge in [-0.25, -0.2) is 0 Å². The van der Waals surface area contributed by atoms with Crippen LogP contribution in [0.1, 0.15) is 173 Å². The summed E-state index contributed by atoms with van der Waals surface area (Å²) in [5.74, 6) is 0. The summed E-state index contributed by atoms with van der Waals surface area (Å²) < 4.78 is 2.74. The van der Waals surface area contributed by atoms with Gasteiger partial charge in [-0.1, -0.05) is 145 Å². The van der Waals surface area contributed by atoms with Crippen LogP contribution in [-0.2, 0) is 32.5 Å². The van der Waals surface area contributed by atoms with E-state index in [2.05, 4.69) is 235 Å². The summed E-state index contributed by atoms with van der Waals surface area (Å²) >= 11 is 0. The van der Waals surface area contributed by atoms with Crippen molar-refractivity contribution in [1.29, 1.82) is 0 Å². The van der Waals surface area contributed by atoms with Crippen molar-refractivity contribution >= 4 is 68.3 Å². The maximum atomic E-state index is 2.74. The fraction of sp³-hybridized carbons (Fsp3) is 0.415. The van der Waals surface area contributed by atoms with Gasteiger partial charge in [-0.05, 0) is 195 Å². The summed E-state index contributed by atoms with van der Waals surface area (Å²) in [6, 6.07) is 41.7. The largest absolute Gasteiger partial charge is 0.319 e. The van der Waals surface area contributed by atoms with Gasteiger partial charge in [0.05, 0.1) is 11.2 Å². The average molecular weight is 910 g/mol. The topological polar surface area (TPSA) is 11.4 Å². The van der Waals surface area contributed by atoms with Crippen LogP contribution in [-0.4, -0.2) is 11.3 Å². The van der Waals surface area contributed by atoms with Crippen LogP contribution in [0.2, 0.25) is 0 Å². The molecule has 3 heterocycles. The van der Waals surface area contributed by atoms with Gasteiger partial charge in [-0.15, -0.1) is 0 Å².